The van der Waals surface area contributed by atoms with Crippen molar-refractivity contribution in [3.63, 3.8) is 0 Å². The van der Waals surface area contributed by atoms with Gasteiger partial charge in [-0.2, -0.15) is 0 Å². The van der Waals surface area contributed by atoms with Gasteiger partial charge in [0.05, 0.1) is 6.61 Å². The average Bonchev–Trinajstić information content (AvgIpc) is 3.20. The highest BCUT2D eigenvalue weighted by Gasteiger charge is 2.16. The number of hydrogen-bond acceptors (Lipinski definition) is 5. The van der Waals surface area contributed by atoms with Crippen molar-refractivity contribution in [2.75, 3.05) is 13.2 Å². The van der Waals surface area contributed by atoms with Gasteiger partial charge in [-0.3, -0.25) is 9.59 Å². The molecule has 0 aliphatic rings. The minimum atomic E-state index is -0.763. The van der Waals surface area contributed by atoms with Gasteiger partial charge in [-0.25, -0.2) is 0 Å². The quantitative estimate of drug-likeness (QED) is 0.0491. The molecule has 0 aliphatic carbocycles. The van der Waals surface area contributed by atoms with Crippen LogP contribution in [0.5, 0.6) is 0 Å². The third-order valence-electron chi connectivity index (χ3n) is 11.9. The Bertz CT molecular complexity index is 769. The van der Waals surface area contributed by atoms with E-state index in [1.165, 1.54) is 238 Å². The van der Waals surface area contributed by atoms with Crippen LogP contribution in [-0.2, 0) is 19.1 Å². The number of unbranched alkanes of at least 4 members (excludes halogenated alkanes) is 40. The van der Waals surface area contributed by atoms with Crippen LogP contribution in [0, 0.1) is 0 Å². The maximum Gasteiger partial charge on any atom is 0.306 e. The van der Waals surface area contributed by atoms with Gasteiger partial charge < -0.3 is 14.6 Å². The van der Waals surface area contributed by atoms with Gasteiger partial charge in [-0.1, -0.05) is 271 Å². The molecule has 0 radical (unpaired) electrons. The van der Waals surface area contributed by atoms with Crippen LogP contribution in [0.2, 0.25) is 0 Å². The number of ether oxygens (including phenoxy) is 2. The van der Waals surface area contributed by atoms with Gasteiger partial charge >= 0.3 is 11.9 Å². The summed E-state index contributed by atoms with van der Waals surface area (Å²) in [6.07, 6.45) is 56.3. The van der Waals surface area contributed by atoms with E-state index in [0.717, 1.165) is 32.1 Å². The molecule has 0 fully saturated rings. The van der Waals surface area contributed by atoms with Crippen LogP contribution >= 0.6 is 0 Å². The number of carbonyl (C=O) groups is 2. The Kier molecular flexibility index (Phi) is 47.3. The molecule has 0 aromatic heterocycles. The van der Waals surface area contributed by atoms with Crippen LogP contribution in [0.3, 0.4) is 0 Å². The highest BCUT2D eigenvalue weighted by Crippen LogP contribution is 2.17. The van der Waals surface area contributed by atoms with Crippen molar-refractivity contribution in [3.05, 3.63) is 0 Å². The van der Waals surface area contributed by atoms with Gasteiger partial charge in [-0.05, 0) is 12.8 Å². The van der Waals surface area contributed by atoms with E-state index in [-0.39, 0.29) is 25.2 Å². The van der Waals surface area contributed by atoms with Crippen LogP contribution in [0.4, 0.5) is 0 Å². The third-order valence-corrected chi connectivity index (χ3v) is 11.9. The summed E-state index contributed by atoms with van der Waals surface area (Å²) < 4.78 is 10.7. The van der Waals surface area contributed by atoms with Crippen LogP contribution in [-0.4, -0.2) is 36.4 Å². The Hall–Kier alpha value is -1.10. The van der Waals surface area contributed by atoms with Crippen molar-refractivity contribution in [2.24, 2.45) is 0 Å². The van der Waals surface area contributed by atoms with Crippen molar-refractivity contribution in [1.82, 2.24) is 0 Å². The molecule has 0 amide bonds. The molecule has 0 unspecified atom stereocenters. The lowest BCUT2D eigenvalue weighted by atomic mass is 10.0. The van der Waals surface area contributed by atoms with Crippen molar-refractivity contribution >= 4 is 11.9 Å². The lowest BCUT2D eigenvalue weighted by molar-refractivity contribution is -0.161. The summed E-state index contributed by atoms with van der Waals surface area (Å²) in [5.41, 5.74) is 0. The number of aliphatic hydroxyl groups excluding tert-OH is 1. The molecular formula is C51H100O5. The second-order valence-electron chi connectivity index (χ2n) is 17.6. The first kappa shape index (κ1) is 54.9. The molecule has 56 heavy (non-hydrogen) atoms. The number of rotatable bonds is 48. The van der Waals surface area contributed by atoms with Crippen LogP contribution < -0.4 is 0 Å². The molecule has 1 atom stereocenters. The zero-order valence-electron chi connectivity index (χ0n) is 38.2. The number of esters is 2. The first-order valence-corrected chi connectivity index (χ1v) is 25.6. The molecule has 334 valence electrons. The molecule has 0 bridgehead atoms. The normalized spacial score (nSPS) is 12.0. The van der Waals surface area contributed by atoms with Crippen molar-refractivity contribution in [2.45, 2.75) is 302 Å². The molecule has 0 aromatic rings. The molecule has 0 heterocycles. The van der Waals surface area contributed by atoms with Crippen LogP contribution in [0.1, 0.15) is 296 Å². The van der Waals surface area contributed by atoms with E-state index in [9.17, 15) is 14.7 Å². The minimum Gasteiger partial charge on any atom is -0.462 e. The fourth-order valence-electron chi connectivity index (χ4n) is 8.03. The lowest BCUT2D eigenvalue weighted by Gasteiger charge is -2.15. The van der Waals surface area contributed by atoms with E-state index < -0.39 is 6.10 Å². The SMILES string of the molecule is CCCCCCCCCCCCCCCCCCCCCCCCC(=O)OC[C@H](CO)OC(=O)CCCCCCCCCCCCCCCCCCCCCC. The zero-order chi connectivity index (χ0) is 40.7. The first-order valence-electron chi connectivity index (χ1n) is 25.6. The van der Waals surface area contributed by atoms with E-state index in [1.54, 1.807) is 0 Å². The summed E-state index contributed by atoms with van der Waals surface area (Å²) in [4.78, 5) is 24.4. The summed E-state index contributed by atoms with van der Waals surface area (Å²) in [5, 5.41) is 9.62. The fraction of sp³-hybridized carbons (Fsp3) is 0.961. The molecule has 0 saturated heterocycles. The van der Waals surface area contributed by atoms with Gasteiger partial charge in [0, 0.05) is 12.8 Å². The molecule has 1 N–H and O–H groups in total. The van der Waals surface area contributed by atoms with E-state index in [4.69, 9.17) is 9.47 Å². The molecule has 5 heteroatoms. The number of carbonyl (C=O) groups excluding carboxylic acids is 2. The number of hydrogen-bond donors (Lipinski definition) is 1. The van der Waals surface area contributed by atoms with Gasteiger partial charge in [0.1, 0.15) is 6.61 Å². The Morgan fingerprint density at radius 2 is 0.554 bits per heavy atom. The lowest BCUT2D eigenvalue weighted by Crippen LogP contribution is -2.28. The van der Waals surface area contributed by atoms with E-state index in [2.05, 4.69) is 13.8 Å². The van der Waals surface area contributed by atoms with E-state index in [0.29, 0.717) is 12.8 Å². The molecule has 0 aromatic carbocycles. The third kappa shape index (κ3) is 45.6. The average molecular weight is 793 g/mol. The monoisotopic (exact) mass is 793 g/mol. The van der Waals surface area contributed by atoms with Gasteiger partial charge in [0.25, 0.3) is 0 Å². The van der Waals surface area contributed by atoms with Crippen LogP contribution in [0.15, 0.2) is 0 Å². The Labute approximate surface area is 350 Å². The second-order valence-corrected chi connectivity index (χ2v) is 17.6. The summed E-state index contributed by atoms with van der Waals surface area (Å²) in [7, 11) is 0. The number of aliphatic hydroxyl groups is 1. The maximum absolute atomic E-state index is 12.3. The van der Waals surface area contributed by atoms with E-state index in [1.807, 2.05) is 0 Å². The topological polar surface area (TPSA) is 72.8 Å². The largest absolute Gasteiger partial charge is 0.462 e. The van der Waals surface area contributed by atoms with Crippen molar-refractivity contribution in [1.29, 1.82) is 0 Å². The first-order chi connectivity index (χ1) is 27.6. The molecule has 0 rings (SSSR count). The maximum atomic E-state index is 12.3. The smallest absolute Gasteiger partial charge is 0.306 e. The Morgan fingerprint density at radius 1 is 0.339 bits per heavy atom. The van der Waals surface area contributed by atoms with Crippen molar-refractivity contribution in [3.8, 4) is 0 Å². The zero-order valence-corrected chi connectivity index (χ0v) is 38.2. The summed E-state index contributed by atoms with van der Waals surface area (Å²) in [6.45, 7) is 4.20. The molecular weight excluding hydrogens is 693 g/mol. The van der Waals surface area contributed by atoms with E-state index >= 15 is 0 Å². The molecule has 0 saturated carbocycles. The summed E-state index contributed by atoms with van der Waals surface area (Å²) in [6, 6.07) is 0. The predicted octanol–water partition coefficient (Wildman–Crippen LogP) is 16.6. The predicted molar refractivity (Wildman–Crippen MR) is 242 cm³/mol. The summed E-state index contributed by atoms with van der Waals surface area (Å²) in [5.74, 6) is -0.566. The highest BCUT2D eigenvalue weighted by atomic mass is 16.6. The fourth-order valence-corrected chi connectivity index (χ4v) is 8.03. The Balaban J connectivity index is 3.42. The molecule has 0 aliphatic heterocycles. The van der Waals surface area contributed by atoms with Gasteiger partial charge in [-0.15, -0.1) is 0 Å². The van der Waals surface area contributed by atoms with Gasteiger partial charge in [0.15, 0.2) is 6.10 Å². The second kappa shape index (κ2) is 48.3. The minimum absolute atomic E-state index is 0.0559. The Morgan fingerprint density at radius 3 is 0.786 bits per heavy atom. The summed E-state index contributed by atoms with van der Waals surface area (Å²) >= 11 is 0. The standard InChI is InChI=1S/C51H100O5/c1-3-5-7-9-11-13-15-17-19-21-23-25-26-28-29-31-33-35-37-39-41-43-45-50(53)55-48-49(47-52)56-51(54)46-44-42-40-38-36-34-32-30-27-24-22-20-18-16-14-12-10-8-6-4-2/h49,52H,3-48H2,1-2H3/t49-/m0/s1. The van der Waals surface area contributed by atoms with Crippen LogP contribution in [0.25, 0.3) is 0 Å². The highest BCUT2D eigenvalue weighted by molar-refractivity contribution is 5.70. The molecule has 5 nitrogen and oxygen atoms in total. The van der Waals surface area contributed by atoms with Gasteiger partial charge in [0.2, 0.25) is 0 Å². The molecule has 0 spiro atoms. The van der Waals surface area contributed by atoms with Crippen molar-refractivity contribution < 1.29 is 24.2 Å².